The van der Waals surface area contributed by atoms with Gasteiger partial charge in [-0.05, 0) is 30.3 Å². The van der Waals surface area contributed by atoms with E-state index >= 15 is 0 Å². The highest BCUT2D eigenvalue weighted by atomic mass is 35.5. The van der Waals surface area contributed by atoms with Gasteiger partial charge in [0.15, 0.2) is 0 Å². The summed E-state index contributed by atoms with van der Waals surface area (Å²) in [5, 5.41) is 6.20. The SMILES string of the molecule is COc1ccccc1NC(=O)Nc1cc(Cl)ccc1Cl. The van der Waals surface area contributed by atoms with Gasteiger partial charge in [-0.3, -0.25) is 0 Å². The van der Waals surface area contributed by atoms with Gasteiger partial charge in [0.1, 0.15) is 5.75 Å². The third kappa shape index (κ3) is 3.56. The van der Waals surface area contributed by atoms with Gasteiger partial charge in [-0.2, -0.15) is 0 Å². The van der Waals surface area contributed by atoms with E-state index in [1.807, 2.05) is 6.07 Å². The molecular formula is C14H12Cl2N2O2. The van der Waals surface area contributed by atoms with Crippen LogP contribution in [0.5, 0.6) is 5.75 Å². The normalized spacial score (nSPS) is 9.95. The maximum atomic E-state index is 11.9. The first-order valence-corrected chi connectivity index (χ1v) is 6.52. The molecule has 0 aliphatic heterocycles. The van der Waals surface area contributed by atoms with Gasteiger partial charge in [-0.25, -0.2) is 4.79 Å². The number of hydrogen-bond donors (Lipinski definition) is 2. The van der Waals surface area contributed by atoms with Crippen molar-refractivity contribution in [2.24, 2.45) is 0 Å². The molecule has 0 aromatic heterocycles. The number of carbonyl (C=O) groups is 1. The van der Waals surface area contributed by atoms with E-state index in [1.165, 1.54) is 7.11 Å². The number of benzene rings is 2. The zero-order valence-corrected chi connectivity index (χ0v) is 12.1. The number of ether oxygens (including phenoxy) is 1. The zero-order valence-electron chi connectivity index (χ0n) is 10.6. The number of halogens is 2. The molecule has 0 spiro atoms. The summed E-state index contributed by atoms with van der Waals surface area (Å²) in [4.78, 5) is 11.9. The number of hydrogen-bond acceptors (Lipinski definition) is 2. The van der Waals surface area contributed by atoms with Crippen LogP contribution in [0.3, 0.4) is 0 Å². The summed E-state index contributed by atoms with van der Waals surface area (Å²) in [5.41, 5.74) is 0.997. The molecule has 0 atom stereocenters. The molecule has 2 N–H and O–H groups in total. The van der Waals surface area contributed by atoms with Crippen molar-refractivity contribution in [2.75, 3.05) is 17.7 Å². The van der Waals surface area contributed by atoms with Gasteiger partial charge in [0, 0.05) is 5.02 Å². The van der Waals surface area contributed by atoms with Crippen molar-refractivity contribution in [1.82, 2.24) is 0 Å². The van der Waals surface area contributed by atoms with Crippen molar-refractivity contribution in [2.45, 2.75) is 0 Å². The van der Waals surface area contributed by atoms with E-state index in [9.17, 15) is 4.79 Å². The highest BCUT2D eigenvalue weighted by Gasteiger charge is 2.09. The number of nitrogens with one attached hydrogen (secondary N) is 2. The first kappa shape index (κ1) is 14.5. The Morgan fingerprint density at radius 1 is 1.05 bits per heavy atom. The third-order valence-electron chi connectivity index (χ3n) is 2.53. The van der Waals surface area contributed by atoms with Gasteiger partial charge in [0.05, 0.1) is 23.5 Å². The summed E-state index contributed by atoms with van der Waals surface area (Å²) >= 11 is 11.8. The number of para-hydroxylation sites is 2. The molecule has 0 radical (unpaired) electrons. The zero-order chi connectivity index (χ0) is 14.5. The summed E-state index contributed by atoms with van der Waals surface area (Å²) < 4.78 is 5.15. The van der Waals surface area contributed by atoms with Crippen LogP contribution < -0.4 is 15.4 Å². The summed E-state index contributed by atoms with van der Waals surface area (Å²) in [5.74, 6) is 0.569. The van der Waals surface area contributed by atoms with Gasteiger partial charge in [0.2, 0.25) is 0 Å². The third-order valence-corrected chi connectivity index (χ3v) is 3.10. The van der Waals surface area contributed by atoms with Crippen molar-refractivity contribution in [3.8, 4) is 5.75 Å². The standard InChI is InChI=1S/C14H12Cl2N2O2/c1-20-13-5-3-2-4-11(13)17-14(19)18-12-8-9(15)6-7-10(12)16/h2-8H,1H3,(H2,17,18,19). The molecule has 0 heterocycles. The monoisotopic (exact) mass is 310 g/mol. The number of carbonyl (C=O) groups excluding carboxylic acids is 1. The van der Waals surface area contributed by atoms with Crippen molar-refractivity contribution in [3.05, 3.63) is 52.5 Å². The molecule has 104 valence electrons. The molecule has 0 fully saturated rings. The molecular weight excluding hydrogens is 299 g/mol. The molecule has 0 saturated carbocycles. The highest BCUT2D eigenvalue weighted by Crippen LogP contribution is 2.27. The predicted molar refractivity (Wildman–Crippen MR) is 82.1 cm³/mol. The molecule has 20 heavy (non-hydrogen) atoms. The Morgan fingerprint density at radius 3 is 2.50 bits per heavy atom. The second-order valence-corrected chi connectivity index (χ2v) is 4.75. The summed E-state index contributed by atoms with van der Waals surface area (Å²) in [6.07, 6.45) is 0. The van der Waals surface area contributed by atoms with E-state index in [1.54, 1.807) is 36.4 Å². The Morgan fingerprint density at radius 2 is 1.75 bits per heavy atom. The van der Waals surface area contributed by atoms with Gasteiger partial charge in [-0.15, -0.1) is 0 Å². The lowest BCUT2D eigenvalue weighted by atomic mass is 10.3. The van der Waals surface area contributed by atoms with Crippen LogP contribution in [-0.2, 0) is 0 Å². The predicted octanol–water partition coefficient (Wildman–Crippen LogP) is 4.65. The molecule has 2 rings (SSSR count). The van der Waals surface area contributed by atoms with Crippen LogP contribution in [0.1, 0.15) is 0 Å². The second-order valence-electron chi connectivity index (χ2n) is 3.90. The van der Waals surface area contributed by atoms with Crippen molar-refractivity contribution in [3.63, 3.8) is 0 Å². The molecule has 0 aliphatic rings. The van der Waals surface area contributed by atoms with E-state index < -0.39 is 6.03 Å². The molecule has 2 amide bonds. The van der Waals surface area contributed by atoms with Gasteiger partial charge >= 0.3 is 6.03 Å². The number of rotatable bonds is 3. The van der Waals surface area contributed by atoms with Gasteiger partial charge in [0.25, 0.3) is 0 Å². The van der Waals surface area contributed by atoms with Crippen LogP contribution in [0.25, 0.3) is 0 Å². The van der Waals surface area contributed by atoms with Crippen molar-refractivity contribution < 1.29 is 9.53 Å². The molecule has 6 heteroatoms. The lowest BCUT2D eigenvalue weighted by Crippen LogP contribution is -2.20. The Kier molecular flexibility index (Phi) is 4.71. The topological polar surface area (TPSA) is 50.4 Å². The molecule has 4 nitrogen and oxygen atoms in total. The lowest BCUT2D eigenvalue weighted by Gasteiger charge is -2.11. The molecule has 2 aromatic rings. The molecule has 0 saturated heterocycles. The van der Waals surface area contributed by atoms with Crippen LogP contribution >= 0.6 is 23.2 Å². The van der Waals surface area contributed by atoms with E-state index in [2.05, 4.69) is 10.6 Å². The summed E-state index contributed by atoms with van der Waals surface area (Å²) in [6, 6.07) is 11.5. The smallest absolute Gasteiger partial charge is 0.323 e. The number of urea groups is 1. The minimum absolute atomic E-state index is 0.407. The minimum atomic E-state index is -0.432. The van der Waals surface area contributed by atoms with Crippen LogP contribution in [0.2, 0.25) is 10.0 Å². The van der Waals surface area contributed by atoms with Crippen molar-refractivity contribution >= 4 is 40.6 Å². The van der Waals surface area contributed by atoms with E-state index in [0.717, 1.165) is 0 Å². The first-order chi connectivity index (χ1) is 9.60. The lowest BCUT2D eigenvalue weighted by molar-refractivity contribution is 0.262. The van der Waals surface area contributed by atoms with Crippen LogP contribution in [0.15, 0.2) is 42.5 Å². The number of methoxy groups -OCH3 is 1. The highest BCUT2D eigenvalue weighted by molar-refractivity contribution is 6.35. The second kappa shape index (κ2) is 6.50. The Balaban J connectivity index is 2.11. The molecule has 2 aromatic carbocycles. The van der Waals surface area contributed by atoms with Crippen molar-refractivity contribution in [1.29, 1.82) is 0 Å². The molecule has 0 unspecified atom stereocenters. The summed E-state index contributed by atoms with van der Waals surface area (Å²) in [7, 11) is 1.53. The van der Waals surface area contributed by atoms with E-state index in [0.29, 0.717) is 27.2 Å². The van der Waals surface area contributed by atoms with Crippen LogP contribution in [0.4, 0.5) is 16.2 Å². The average Bonchev–Trinajstić information content (AvgIpc) is 2.43. The van der Waals surface area contributed by atoms with E-state index in [4.69, 9.17) is 27.9 Å². The Hall–Kier alpha value is -1.91. The average molecular weight is 311 g/mol. The fourth-order valence-electron chi connectivity index (χ4n) is 1.62. The minimum Gasteiger partial charge on any atom is -0.495 e. The Bertz CT molecular complexity index is 632. The van der Waals surface area contributed by atoms with Crippen LogP contribution in [0, 0.1) is 0 Å². The van der Waals surface area contributed by atoms with Gasteiger partial charge in [-0.1, -0.05) is 35.3 Å². The fourth-order valence-corrected chi connectivity index (χ4v) is 1.95. The maximum absolute atomic E-state index is 11.9. The van der Waals surface area contributed by atoms with Crippen LogP contribution in [-0.4, -0.2) is 13.1 Å². The quantitative estimate of drug-likeness (QED) is 0.867. The first-order valence-electron chi connectivity index (χ1n) is 5.76. The Labute approximate surface area is 126 Å². The summed E-state index contributed by atoms with van der Waals surface area (Å²) in [6.45, 7) is 0. The maximum Gasteiger partial charge on any atom is 0.323 e. The van der Waals surface area contributed by atoms with E-state index in [-0.39, 0.29) is 0 Å². The fraction of sp³-hybridized carbons (Fsp3) is 0.0714. The number of amides is 2. The molecule has 0 bridgehead atoms. The molecule has 0 aliphatic carbocycles. The number of anilines is 2. The largest absolute Gasteiger partial charge is 0.495 e. The van der Waals surface area contributed by atoms with Gasteiger partial charge < -0.3 is 15.4 Å².